The van der Waals surface area contributed by atoms with Gasteiger partial charge >= 0.3 is 0 Å². The first-order chi connectivity index (χ1) is 5.77. The van der Waals surface area contributed by atoms with E-state index in [4.69, 9.17) is 9.47 Å². The fraction of sp³-hybridized carbons (Fsp3) is 1.00. The van der Waals surface area contributed by atoms with E-state index in [1.165, 1.54) is 6.42 Å². The predicted octanol–water partition coefficient (Wildman–Crippen LogP) is 0.951. The molecule has 12 heavy (non-hydrogen) atoms. The molecule has 3 nitrogen and oxygen atoms in total. The first-order valence-corrected chi connectivity index (χ1v) is 4.79. The number of piperidine rings is 1. The number of ether oxygens (including phenoxy) is 2. The first kappa shape index (κ1) is 8.48. The van der Waals surface area contributed by atoms with E-state index < -0.39 is 0 Å². The van der Waals surface area contributed by atoms with Gasteiger partial charge in [0.05, 0.1) is 0 Å². The molecule has 0 saturated carbocycles. The SMILES string of the molecule is CC1OC([C@@H]2CCNC[C@@H]2C)O1. The van der Waals surface area contributed by atoms with Gasteiger partial charge in [0, 0.05) is 5.92 Å². The zero-order valence-corrected chi connectivity index (χ0v) is 7.75. The fourth-order valence-corrected chi connectivity index (χ4v) is 2.03. The maximum absolute atomic E-state index is 5.50. The maximum Gasteiger partial charge on any atom is 0.166 e. The second kappa shape index (κ2) is 3.32. The lowest BCUT2D eigenvalue weighted by Gasteiger charge is -2.43. The van der Waals surface area contributed by atoms with Gasteiger partial charge in [-0.05, 0) is 32.4 Å². The molecule has 2 heterocycles. The molecule has 0 radical (unpaired) electrons. The molecule has 2 aliphatic rings. The quantitative estimate of drug-likeness (QED) is 0.637. The summed E-state index contributed by atoms with van der Waals surface area (Å²) < 4.78 is 11.0. The molecule has 3 heteroatoms. The van der Waals surface area contributed by atoms with Crippen molar-refractivity contribution in [1.29, 1.82) is 0 Å². The van der Waals surface area contributed by atoms with Gasteiger partial charge < -0.3 is 14.8 Å². The smallest absolute Gasteiger partial charge is 0.166 e. The summed E-state index contributed by atoms with van der Waals surface area (Å²) in [7, 11) is 0. The van der Waals surface area contributed by atoms with E-state index >= 15 is 0 Å². The van der Waals surface area contributed by atoms with E-state index in [0.717, 1.165) is 13.1 Å². The molecule has 2 rings (SSSR count). The highest BCUT2D eigenvalue weighted by Gasteiger charge is 2.38. The topological polar surface area (TPSA) is 30.5 Å². The lowest BCUT2D eigenvalue weighted by molar-refractivity contribution is -0.397. The molecule has 1 N–H and O–H groups in total. The zero-order valence-electron chi connectivity index (χ0n) is 7.75. The summed E-state index contributed by atoms with van der Waals surface area (Å²) in [6.45, 7) is 6.41. The lowest BCUT2D eigenvalue weighted by Crippen LogP contribution is -2.50. The van der Waals surface area contributed by atoms with Crippen molar-refractivity contribution in [3.63, 3.8) is 0 Å². The predicted molar refractivity (Wildman–Crippen MR) is 45.6 cm³/mol. The van der Waals surface area contributed by atoms with Crippen LogP contribution in [-0.2, 0) is 9.47 Å². The molecule has 2 atom stereocenters. The van der Waals surface area contributed by atoms with Crippen LogP contribution >= 0.6 is 0 Å². The third-order valence-electron chi connectivity index (χ3n) is 2.85. The van der Waals surface area contributed by atoms with Gasteiger partial charge in [-0.1, -0.05) is 6.92 Å². The Hall–Kier alpha value is -0.120. The zero-order chi connectivity index (χ0) is 8.55. The minimum Gasteiger partial charge on any atom is -0.324 e. The van der Waals surface area contributed by atoms with Gasteiger partial charge in [-0.25, -0.2) is 0 Å². The third-order valence-corrected chi connectivity index (χ3v) is 2.85. The van der Waals surface area contributed by atoms with Crippen molar-refractivity contribution in [1.82, 2.24) is 5.32 Å². The van der Waals surface area contributed by atoms with Crippen LogP contribution in [0.4, 0.5) is 0 Å². The Morgan fingerprint density at radius 3 is 2.58 bits per heavy atom. The third kappa shape index (κ3) is 1.49. The molecule has 0 spiro atoms. The Bertz CT molecular complexity index is 157. The highest BCUT2D eigenvalue weighted by atomic mass is 16.9. The van der Waals surface area contributed by atoms with E-state index in [0.29, 0.717) is 11.8 Å². The summed E-state index contributed by atoms with van der Waals surface area (Å²) in [5, 5.41) is 3.37. The monoisotopic (exact) mass is 171 g/mol. The molecule has 2 fully saturated rings. The van der Waals surface area contributed by atoms with Crippen LogP contribution in [0.15, 0.2) is 0 Å². The second-order valence-electron chi connectivity index (χ2n) is 3.84. The molecule has 0 aromatic heterocycles. The summed E-state index contributed by atoms with van der Waals surface area (Å²) in [6.07, 6.45) is 1.28. The second-order valence-corrected chi connectivity index (χ2v) is 3.84. The number of hydrogen-bond donors (Lipinski definition) is 1. The minimum absolute atomic E-state index is 0.0251. The van der Waals surface area contributed by atoms with Crippen molar-refractivity contribution in [2.45, 2.75) is 32.8 Å². The first-order valence-electron chi connectivity index (χ1n) is 4.79. The average molecular weight is 171 g/mol. The van der Waals surface area contributed by atoms with Crippen LogP contribution < -0.4 is 5.32 Å². The normalized spacial score (nSPS) is 48.5. The summed E-state index contributed by atoms with van der Waals surface area (Å²) in [4.78, 5) is 0. The summed E-state index contributed by atoms with van der Waals surface area (Å²) >= 11 is 0. The van der Waals surface area contributed by atoms with E-state index in [9.17, 15) is 0 Å². The highest BCUT2D eigenvalue weighted by Crippen LogP contribution is 2.31. The highest BCUT2D eigenvalue weighted by molar-refractivity contribution is 4.79. The van der Waals surface area contributed by atoms with Crippen molar-refractivity contribution in [2.24, 2.45) is 11.8 Å². The number of rotatable bonds is 1. The molecule has 0 aromatic carbocycles. The van der Waals surface area contributed by atoms with Crippen molar-refractivity contribution < 1.29 is 9.47 Å². The minimum atomic E-state index is 0.0251. The van der Waals surface area contributed by atoms with Crippen LogP contribution in [0.3, 0.4) is 0 Å². The van der Waals surface area contributed by atoms with Gasteiger partial charge in [-0.2, -0.15) is 0 Å². The van der Waals surface area contributed by atoms with E-state index in [1.807, 2.05) is 6.92 Å². The van der Waals surface area contributed by atoms with Crippen molar-refractivity contribution >= 4 is 0 Å². The molecule has 0 amide bonds. The van der Waals surface area contributed by atoms with Crippen molar-refractivity contribution in [3.05, 3.63) is 0 Å². The Morgan fingerprint density at radius 1 is 1.25 bits per heavy atom. The van der Waals surface area contributed by atoms with Gasteiger partial charge in [-0.3, -0.25) is 0 Å². The Morgan fingerprint density at radius 2 is 2.00 bits per heavy atom. The van der Waals surface area contributed by atoms with Crippen LogP contribution in [-0.4, -0.2) is 25.7 Å². The Balaban J connectivity index is 1.85. The largest absolute Gasteiger partial charge is 0.324 e. The molecular weight excluding hydrogens is 154 g/mol. The Kier molecular flexibility index (Phi) is 2.35. The summed E-state index contributed by atoms with van der Waals surface area (Å²) in [6, 6.07) is 0. The standard InChI is InChI=1S/C9H17NO2/c1-6-5-10-4-3-8(6)9-11-7(2)12-9/h6-10H,3-5H2,1-2H3/t6-,7?,8+,9?/m0/s1. The molecule has 0 unspecified atom stereocenters. The fourth-order valence-electron chi connectivity index (χ4n) is 2.03. The van der Waals surface area contributed by atoms with Crippen LogP contribution in [0.1, 0.15) is 20.3 Å². The van der Waals surface area contributed by atoms with E-state index in [2.05, 4.69) is 12.2 Å². The van der Waals surface area contributed by atoms with Gasteiger partial charge in [0.1, 0.15) is 0 Å². The van der Waals surface area contributed by atoms with E-state index in [1.54, 1.807) is 0 Å². The van der Waals surface area contributed by atoms with Gasteiger partial charge in [0.25, 0.3) is 0 Å². The lowest BCUT2D eigenvalue weighted by atomic mass is 9.87. The van der Waals surface area contributed by atoms with Crippen LogP contribution in [0.2, 0.25) is 0 Å². The van der Waals surface area contributed by atoms with Crippen LogP contribution in [0.5, 0.6) is 0 Å². The molecule has 2 saturated heterocycles. The maximum atomic E-state index is 5.50. The van der Waals surface area contributed by atoms with Crippen molar-refractivity contribution in [3.8, 4) is 0 Å². The Labute approximate surface area is 73.4 Å². The average Bonchev–Trinajstić information content (AvgIpc) is 2.01. The summed E-state index contributed by atoms with van der Waals surface area (Å²) in [5.74, 6) is 1.28. The molecule has 2 aliphatic heterocycles. The molecule has 0 aromatic rings. The molecule has 0 aliphatic carbocycles. The number of hydrogen-bond acceptors (Lipinski definition) is 3. The van der Waals surface area contributed by atoms with Gasteiger partial charge in [0.15, 0.2) is 12.6 Å². The number of nitrogens with one attached hydrogen (secondary N) is 1. The van der Waals surface area contributed by atoms with Gasteiger partial charge in [-0.15, -0.1) is 0 Å². The molecule has 0 bridgehead atoms. The molecular formula is C9H17NO2. The van der Waals surface area contributed by atoms with Crippen LogP contribution in [0, 0.1) is 11.8 Å². The summed E-state index contributed by atoms with van der Waals surface area (Å²) in [5.41, 5.74) is 0. The van der Waals surface area contributed by atoms with Gasteiger partial charge in [0.2, 0.25) is 0 Å². The molecule has 70 valence electrons. The van der Waals surface area contributed by atoms with Crippen molar-refractivity contribution in [2.75, 3.05) is 13.1 Å². The van der Waals surface area contributed by atoms with Crippen LogP contribution in [0.25, 0.3) is 0 Å². The van der Waals surface area contributed by atoms with E-state index in [-0.39, 0.29) is 12.6 Å².